The zero-order valence-electron chi connectivity index (χ0n) is 8.70. The molecule has 0 aliphatic rings. The standard InChI is InChI=1S/C11H8N4O2/c12-8-2-1-4-13-9(8)11-14-10(15-17-11)7-3-5-16-6-7/h1-6H,12H2. The van der Waals surface area contributed by atoms with E-state index in [9.17, 15) is 0 Å². The zero-order valence-corrected chi connectivity index (χ0v) is 8.70. The van der Waals surface area contributed by atoms with Crippen LogP contribution < -0.4 is 5.73 Å². The molecule has 2 N–H and O–H groups in total. The summed E-state index contributed by atoms with van der Waals surface area (Å²) in [6, 6.07) is 5.21. The Hall–Kier alpha value is -2.63. The van der Waals surface area contributed by atoms with Gasteiger partial charge in [-0.05, 0) is 18.2 Å². The summed E-state index contributed by atoms with van der Waals surface area (Å²) in [5, 5.41) is 3.83. The largest absolute Gasteiger partial charge is 0.472 e. The minimum Gasteiger partial charge on any atom is -0.472 e. The molecule has 0 atom stereocenters. The van der Waals surface area contributed by atoms with Crippen LogP contribution in [0.1, 0.15) is 0 Å². The van der Waals surface area contributed by atoms with E-state index >= 15 is 0 Å². The molecule has 6 nitrogen and oxygen atoms in total. The Kier molecular flexibility index (Phi) is 2.11. The average molecular weight is 228 g/mol. The van der Waals surface area contributed by atoms with E-state index in [1.54, 1.807) is 30.7 Å². The molecule has 0 aliphatic heterocycles. The van der Waals surface area contributed by atoms with E-state index in [1.165, 1.54) is 6.26 Å². The molecule has 3 aromatic rings. The molecule has 0 unspecified atom stereocenters. The molecule has 0 spiro atoms. The van der Waals surface area contributed by atoms with E-state index < -0.39 is 0 Å². The third kappa shape index (κ3) is 1.65. The molecule has 0 saturated carbocycles. The molecule has 0 bridgehead atoms. The number of aromatic nitrogens is 3. The first-order chi connectivity index (χ1) is 8.34. The number of pyridine rings is 1. The molecule has 3 aromatic heterocycles. The van der Waals surface area contributed by atoms with Crippen LogP contribution in [0.5, 0.6) is 0 Å². The molecule has 0 saturated heterocycles. The number of furan rings is 1. The van der Waals surface area contributed by atoms with Gasteiger partial charge in [0, 0.05) is 6.20 Å². The third-order valence-corrected chi connectivity index (χ3v) is 2.25. The highest BCUT2D eigenvalue weighted by Crippen LogP contribution is 2.24. The Morgan fingerprint density at radius 2 is 2.18 bits per heavy atom. The number of hydrogen-bond acceptors (Lipinski definition) is 6. The second-order valence-electron chi connectivity index (χ2n) is 3.38. The fraction of sp³-hybridized carbons (Fsp3) is 0. The molecule has 3 rings (SSSR count). The maximum atomic E-state index is 5.77. The predicted molar refractivity (Wildman–Crippen MR) is 59.6 cm³/mol. The van der Waals surface area contributed by atoms with Crippen molar-refractivity contribution in [1.82, 2.24) is 15.1 Å². The van der Waals surface area contributed by atoms with E-state index in [2.05, 4.69) is 15.1 Å². The average Bonchev–Trinajstić information content (AvgIpc) is 3.00. The van der Waals surface area contributed by atoms with Crippen LogP contribution in [0.2, 0.25) is 0 Å². The molecule has 0 aromatic carbocycles. The Labute approximate surface area is 96.1 Å². The summed E-state index contributed by atoms with van der Waals surface area (Å²) in [5.41, 5.74) is 7.49. The minimum atomic E-state index is 0.291. The van der Waals surface area contributed by atoms with Crippen molar-refractivity contribution in [2.45, 2.75) is 0 Å². The first-order valence-corrected chi connectivity index (χ1v) is 4.92. The topological polar surface area (TPSA) is 91.0 Å². The molecule has 0 amide bonds. The molecule has 17 heavy (non-hydrogen) atoms. The van der Waals surface area contributed by atoms with Crippen LogP contribution in [0, 0.1) is 0 Å². The van der Waals surface area contributed by atoms with Crippen LogP contribution in [0.4, 0.5) is 5.69 Å². The van der Waals surface area contributed by atoms with E-state index in [1.807, 2.05) is 0 Å². The normalized spacial score (nSPS) is 10.6. The highest BCUT2D eigenvalue weighted by Gasteiger charge is 2.14. The Morgan fingerprint density at radius 3 is 2.94 bits per heavy atom. The van der Waals surface area contributed by atoms with Gasteiger partial charge in [-0.3, -0.25) is 0 Å². The van der Waals surface area contributed by atoms with Crippen LogP contribution in [-0.4, -0.2) is 15.1 Å². The van der Waals surface area contributed by atoms with Crippen molar-refractivity contribution >= 4 is 5.69 Å². The number of hydrogen-bond donors (Lipinski definition) is 1. The van der Waals surface area contributed by atoms with Crippen molar-refractivity contribution in [3.05, 3.63) is 36.9 Å². The summed E-state index contributed by atoms with van der Waals surface area (Å²) < 4.78 is 10.1. The first-order valence-electron chi connectivity index (χ1n) is 4.92. The van der Waals surface area contributed by atoms with Gasteiger partial charge >= 0.3 is 0 Å². The maximum Gasteiger partial charge on any atom is 0.278 e. The number of nitrogens with zero attached hydrogens (tertiary/aromatic N) is 3. The van der Waals surface area contributed by atoms with E-state index in [4.69, 9.17) is 14.7 Å². The zero-order chi connectivity index (χ0) is 11.7. The molecule has 3 heterocycles. The van der Waals surface area contributed by atoms with Gasteiger partial charge in [0.1, 0.15) is 6.26 Å². The summed E-state index contributed by atoms with van der Waals surface area (Å²) >= 11 is 0. The maximum absolute atomic E-state index is 5.77. The van der Waals surface area contributed by atoms with Crippen LogP contribution in [0.3, 0.4) is 0 Å². The van der Waals surface area contributed by atoms with Gasteiger partial charge in [-0.2, -0.15) is 4.98 Å². The van der Waals surface area contributed by atoms with Crippen molar-refractivity contribution in [3.8, 4) is 23.0 Å². The van der Waals surface area contributed by atoms with E-state index in [-0.39, 0.29) is 0 Å². The van der Waals surface area contributed by atoms with Gasteiger partial charge in [0.15, 0.2) is 5.69 Å². The lowest BCUT2D eigenvalue weighted by molar-refractivity contribution is 0.431. The lowest BCUT2D eigenvalue weighted by atomic mass is 10.3. The van der Waals surface area contributed by atoms with Crippen molar-refractivity contribution < 1.29 is 8.94 Å². The monoisotopic (exact) mass is 228 g/mol. The quantitative estimate of drug-likeness (QED) is 0.721. The number of nitrogen functional groups attached to an aromatic ring is 1. The SMILES string of the molecule is Nc1cccnc1-c1nc(-c2ccoc2)no1. The molecule has 6 heteroatoms. The minimum absolute atomic E-state index is 0.291. The van der Waals surface area contributed by atoms with Crippen molar-refractivity contribution in [2.75, 3.05) is 5.73 Å². The molecular formula is C11H8N4O2. The molecule has 0 aliphatic carbocycles. The van der Waals surface area contributed by atoms with Crippen molar-refractivity contribution in [3.63, 3.8) is 0 Å². The Balaban J connectivity index is 2.04. The smallest absolute Gasteiger partial charge is 0.278 e. The van der Waals surface area contributed by atoms with Crippen molar-refractivity contribution in [1.29, 1.82) is 0 Å². The van der Waals surface area contributed by atoms with Gasteiger partial charge in [-0.15, -0.1) is 0 Å². The van der Waals surface area contributed by atoms with Gasteiger partial charge in [-0.25, -0.2) is 4.98 Å². The van der Waals surface area contributed by atoms with Gasteiger partial charge < -0.3 is 14.7 Å². The number of anilines is 1. The summed E-state index contributed by atoms with van der Waals surface area (Å²) in [7, 11) is 0. The Morgan fingerprint density at radius 1 is 1.24 bits per heavy atom. The molecule has 0 radical (unpaired) electrons. The summed E-state index contributed by atoms with van der Waals surface area (Å²) in [6.45, 7) is 0. The molecular weight excluding hydrogens is 220 g/mol. The lowest BCUT2D eigenvalue weighted by Crippen LogP contribution is -1.92. The molecule has 0 fully saturated rings. The lowest BCUT2D eigenvalue weighted by Gasteiger charge is -1.96. The fourth-order valence-corrected chi connectivity index (χ4v) is 1.43. The highest BCUT2D eigenvalue weighted by molar-refractivity contribution is 5.66. The fourth-order valence-electron chi connectivity index (χ4n) is 1.43. The number of nitrogens with two attached hydrogens (primary N) is 1. The van der Waals surface area contributed by atoms with E-state index in [0.29, 0.717) is 23.1 Å². The summed E-state index contributed by atoms with van der Waals surface area (Å²) in [5.74, 6) is 0.734. The van der Waals surface area contributed by atoms with Gasteiger partial charge in [0.05, 0.1) is 17.5 Å². The van der Waals surface area contributed by atoms with Gasteiger partial charge in [0.25, 0.3) is 5.89 Å². The van der Waals surface area contributed by atoms with Crippen LogP contribution >= 0.6 is 0 Å². The Bertz CT molecular complexity index is 630. The van der Waals surface area contributed by atoms with E-state index in [0.717, 1.165) is 5.56 Å². The predicted octanol–water partition coefficient (Wildman–Crippen LogP) is 1.97. The molecule has 84 valence electrons. The summed E-state index contributed by atoms with van der Waals surface area (Å²) in [4.78, 5) is 8.30. The summed E-state index contributed by atoms with van der Waals surface area (Å²) in [6.07, 6.45) is 4.70. The van der Waals surface area contributed by atoms with Crippen LogP contribution in [0.25, 0.3) is 23.0 Å². The van der Waals surface area contributed by atoms with Crippen molar-refractivity contribution in [2.24, 2.45) is 0 Å². The van der Waals surface area contributed by atoms with Crippen LogP contribution in [-0.2, 0) is 0 Å². The second-order valence-corrected chi connectivity index (χ2v) is 3.38. The third-order valence-electron chi connectivity index (χ3n) is 2.25. The number of rotatable bonds is 2. The highest BCUT2D eigenvalue weighted by atomic mass is 16.5. The van der Waals surface area contributed by atoms with Gasteiger partial charge in [0.2, 0.25) is 5.82 Å². The first kappa shape index (κ1) is 9.59. The second kappa shape index (κ2) is 3.75. The van der Waals surface area contributed by atoms with Gasteiger partial charge in [-0.1, -0.05) is 5.16 Å². The van der Waals surface area contributed by atoms with Crippen LogP contribution in [0.15, 0.2) is 45.9 Å².